The highest BCUT2D eigenvalue weighted by molar-refractivity contribution is 6.36. The van der Waals surface area contributed by atoms with Crippen molar-refractivity contribution >= 4 is 35.0 Å². The molecule has 2 amide bonds. The summed E-state index contributed by atoms with van der Waals surface area (Å²) in [7, 11) is 0. The third kappa shape index (κ3) is 5.75. The van der Waals surface area contributed by atoms with E-state index < -0.39 is 5.91 Å². The number of carbonyl (C=O) groups excluding carboxylic acids is 2. The molecule has 0 unspecified atom stereocenters. The molecule has 9 heteroatoms. The number of hydrogen-bond donors (Lipinski definition) is 2. The highest BCUT2D eigenvalue weighted by Gasteiger charge is 2.13. The fraction of sp³-hybridized carbons (Fsp3) is 0.190. The molecule has 7 nitrogen and oxygen atoms in total. The van der Waals surface area contributed by atoms with Gasteiger partial charge in [0.1, 0.15) is 5.75 Å². The molecule has 0 radical (unpaired) electrons. The molecule has 30 heavy (non-hydrogen) atoms. The standard InChI is InChI=1S/C21H19Cl2N3O4/c1-2-29-15-6-3-13(4-7-15)21(28)26-25-19(27)9-10-20-24-12-18(30-20)16-8-5-14(22)11-17(16)23/h3-8,11-12H,2,9-10H2,1H3,(H,25,27)(H,26,28). The van der Waals surface area contributed by atoms with Crippen LogP contribution < -0.4 is 15.6 Å². The number of halogens is 2. The summed E-state index contributed by atoms with van der Waals surface area (Å²) >= 11 is 12.1. The largest absolute Gasteiger partial charge is 0.494 e. The van der Waals surface area contributed by atoms with Crippen LogP contribution in [0, 0.1) is 0 Å². The van der Waals surface area contributed by atoms with Crippen LogP contribution in [0.25, 0.3) is 11.3 Å². The van der Waals surface area contributed by atoms with Crippen LogP contribution >= 0.6 is 23.2 Å². The van der Waals surface area contributed by atoms with E-state index in [2.05, 4.69) is 15.8 Å². The summed E-state index contributed by atoms with van der Waals surface area (Å²) < 4.78 is 11.0. The quantitative estimate of drug-likeness (QED) is 0.522. The normalized spacial score (nSPS) is 10.5. The fourth-order valence-electron chi connectivity index (χ4n) is 2.59. The molecule has 2 N–H and O–H groups in total. The number of carbonyl (C=O) groups is 2. The van der Waals surface area contributed by atoms with Crippen LogP contribution in [0.5, 0.6) is 5.75 Å². The summed E-state index contributed by atoms with van der Waals surface area (Å²) in [6, 6.07) is 11.6. The summed E-state index contributed by atoms with van der Waals surface area (Å²) in [5.74, 6) is 0.726. The first-order valence-corrected chi connectivity index (χ1v) is 9.94. The number of aryl methyl sites for hydroxylation is 1. The molecule has 0 atom stereocenters. The van der Waals surface area contributed by atoms with E-state index in [0.29, 0.717) is 45.2 Å². The van der Waals surface area contributed by atoms with Crippen LogP contribution in [0.15, 0.2) is 53.1 Å². The number of nitrogens with zero attached hydrogens (tertiary/aromatic N) is 1. The highest BCUT2D eigenvalue weighted by Crippen LogP contribution is 2.30. The first-order chi connectivity index (χ1) is 14.5. The van der Waals surface area contributed by atoms with Crippen LogP contribution in [-0.2, 0) is 11.2 Å². The van der Waals surface area contributed by atoms with E-state index in [4.69, 9.17) is 32.4 Å². The van der Waals surface area contributed by atoms with Crippen LogP contribution in [0.3, 0.4) is 0 Å². The Morgan fingerprint density at radius 3 is 2.57 bits per heavy atom. The average molecular weight is 448 g/mol. The van der Waals surface area contributed by atoms with Gasteiger partial charge in [0.05, 0.1) is 17.8 Å². The number of benzene rings is 2. The van der Waals surface area contributed by atoms with Gasteiger partial charge in [0, 0.05) is 29.0 Å². The molecule has 0 saturated carbocycles. The molecule has 0 aliphatic carbocycles. The topological polar surface area (TPSA) is 93.5 Å². The van der Waals surface area contributed by atoms with Crippen molar-refractivity contribution in [2.75, 3.05) is 6.61 Å². The Labute approximate surface area is 183 Å². The highest BCUT2D eigenvalue weighted by atomic mass is 35.5. The maximum absolute atomic E-state index is 12.1. The summed E-state index contributed by atoms with van der Waals surface area (Å²) in [6.45, 7) is 2.42. The smallest absolute Gasteiger partial charge is 0.269 e. The minimum absolute atomic E-state index is 0.0812. The molecule has 0 fully saturated rings. The van der Waals surface area contributed by atoms with Crippen LogP contribution in [-0.4, -0.2) is 23.4 Å². The number of hydrogen-bond acceptors (Lipinski definition) is 5. The van der Waals surface area contributed by atoms with E-state index in [1.165, 1.54) is 6.20 Å². The molecule has 0 aliphatic rings. The monoisotopic (exact) mass is 447 g/mol. The number of amides is 2. The molecular formula is C21H19Cl2N3O4. The van der Waals surface area contributed by atoms with Crippen LogP contribution in [0.1, 0.15) is 29.6 Å². The minimum Gasteiger partial charge on any atom is -0.494 e. The van der Waals surface area contributed by atoms with Crippen molar-refractivity contribution in [2.24, 2.45) is 0 Å². The molecule has 156 valence electrons. The third-order valence-corrected chi connectivity index (χ3v) is 4.61. The summed E-state index contributed by atoms with van der Waals surface area (Å²) in [4.78, 5) is 28.3. The Morgan fingerprint density at radius 2 is 1.87 bits per heavy atom. The van der Waals surface area contributed by atoms with Gasteiger partial charge in [-0.3, -0.25) is 20.4 Å². The number of aromatic nitrogens is 1. The van der Waals surface area contributed by atoms with Crippen molar-refractivity contribution in [3.63, 3.8) is 0 Å². The second-order valence-corrected chi connectivity index (χ2v) is 7.05. The van der Waals surface area contributed by atoms with E-state index in [0.717, 1.165) is 0 Å². The van der Waals surface area contributed by atoms with Gasteiger partial charge in [0.15, 0.2) is 11.7 Å². The molecule has 1 aromatic heterocycles. The predicted molar refractivity (Wildman–Crippen MR) is 113 cm³/mol. The lowest BCUT2D eigenvalue weighted by Gasteiger charge is -2.08. The molecule has 0 bridgehead atoms. The Hall–Kier alpha value is -3.03. The lowest BCUT2D eigenvalue weighted by Crippen LogP contribution is -2.41. The van der Waals surface area contributed by atoms with E-state index in [-0.39, 0.29) is 18.7 Å². The average Bonchev–Trinajstić information content (AvgIpc) is 3.20. The van der Waals surface area contributed by atoms with E-state index in [9.17, 15) is 9.59 Å². The van der Waals surface area contributed by atoms with Gasteiger partial charge in [-0.05, 0) is 49.4 Å². The summed E-state index contributed by atoms with van der Waals surface area (Å²) in [5.41, 5.74) is 5.80. The Balaban J connectivity index is 1.48. The number of hydrazine groups is 1. The lowest BCUT2D eigenvalue weighted by atomic mass is 10.2. The van der Waals surface area contributed by atoms with Gasteiger partial charge in [0.25, 0.3) is 5.91 Å². The van der Waals surface area contributed by atoms with Crippen molar-refractivity contribution in [3.8, 4) is 17.1 Å². The van der Waals surface area contributed by atoms with Gasteiger partial charge >= 0.3 is 0 Å². The van der Waals surface area contributed by atoms with Crippen molar-refractivity contribution in [2.45, 2.75) is 19.8 Å². The molecule has 2 aromatic carbocycles. The van der Waals surface area contributed by atoms with Crippen molar-refractivity contribution in [1.29, 1.82) is 0 Å². The SMILES string of the molecule is CCOc1ccc(C(=O)NNC(=O)CCc2ncc(-c3ccc(Cl)cc3Cl)o2)cc1. The first-order valence-electron chi connectivity index (χ1n) is 9.18. The lowest BCUT2D eigenvalue weighted by molar-refractivity contribution is -0.121. The minimum atomic E-state index is -0.429. The Bertz CT molecular complexity index is 1030. The molecule has 3 aromatic rings. The maximum Gasteiger partial charge on any atom is 0.269 e. The number of ether oxygens (including phenoxy) is 1. The summed E-state index contributed by atoms with van der Waals surface area (Å²) in [5, 5.41) is 0.965. The number of nitrogens with one attached hydrogen (secondary N) is 2. The molecule has 0 saturated heterocycles. The van der Waals surface area contributed by atoms with Crippen molar-refractivity contribution in [3.05, 3.63) is 70.2 Å². The number of oxazole rings is 1. The van der Waals surface area contributed by atoms with Crippen LogP contribution in [0.4, 0.5) is 0 Å². The third-order valence-electron chi connectivity index (χ3n) is 4.06. The molecule has 0 aliphatic heterocycles. The fourth-order valence-corrected chi connectivity index (χ4v) is 3.09. The second kappa shape index (κ2) is 10.1. The van der Waals surface area contributed by atoms with Gasteiger partial charge in [-0.25, -0.2) is 4.98 Å². The Kier molecular flexibility index (Phi) is 7.32. The number of rotatable bonds is 7. The molecule has 0 spiro atoms. The first kappa shape index (κ1) is 21.7. The molecular weight excluding hydrogens is 429 g/mol. The van der Waals surface area contributed by atoms with E-state index in [1.807, 2.05) is 6.92 Å². The van der Waals surface area contributed by atoms with Gasteiger partial charge in [-0.1, -0.05) is 23.2 Å². The van der Waals surface area contributed by atoms with Crippen molar-refractivity contribution < 1.29 is 18.7 Å². The van der Waals surface area contributed by atoms with E-state index >= 15 is 0 Å². The van der Waals surface area contributed by atoms with E-state index in [1.54, 1.807) is 42.5 Å². The maximum atomic E-state index is 12.1. The predicted octanol–water partition coefficient (Wildman–Crippen LogP) is 4.44. The van der Waals surface area contributed by atoms with Gasteiger partial charge in [-0.2, -0.15) is 0 Å². The van der Waals surface area contributed by atoms with Gasteiger partial charge in [-0.15, -0.1) is 0 Å². The Morgan fingerprint density at radius 1 is 1.10 bits per heavy atom. The second-order valence-electron chi connectivity index (χ2n) is 6.20. The zero-order chi connectivity index (χ0) is 21.5. The zero-order valence-corrected chi connectivity index (χ0v) is 17.6. The van der Waals surface area contributed by atoms with Crippen LogP contribution in [0.2, 0.25) is 10.0 Å². The van der Waals surface area contributed by atoms with Gasteiger partial charge in [0.2, 0.25) is 5.91 Å². The van der Waals surface area contributed by atoms with Gasteiger partial charge < -0.3 is 9.15 Å². The van der Waals surface area contributed by atoms with Crippen molar-refractivity contribution in [1.82, 2.24) is 15.8 Å². The summed E-state index contributed by atoms with van der Waals surface area (Å²) in [6.07, 6.45) is 1.88. The molecule has 1 heterocycles. The molecule has 3 rings (SSSR count). The zero-order valence-electron chi connectivity index (χ0n) is 16.1.